The lowest BCUT2D eigenvalue weighted by Crippen LogP contribution is -2.19. The SMILES string of the molecule is Br.Br.Oc1ccc(CCNCCCCCCNCCc2ccccc2)cc1O. The molecule has 0 amide bonds. The lowest BCUT2D eigenvalue weighted by atomic mass is 10.1. The van der Waals surface area contributed by atoms with Crippen molar-refractivity contribution in [3.8, 4) is 11.5 Å². The first-order chi connectivity index (χ1) is 12.8. The quantitative estimate of drug-likeness (QED) is 0.228. The summed E-state index contributed by atoms with van der Waals surface area (Å²) in [5.74, 6) is -0.101. The molecule has 2 aromatic rings. The summed E-state index contributed by atoms with van der Waals surface area (Å²) in [7, 11) is 0. The van der Waals surface area contributed by atoms with Crippen LogP contribution >= 0.6 is 34.0 Å². The van der Waals surface area contributed by atoms with Gasteiger partial charge >= 0.3 is 0 Å². The monoisotopic (exact) mass is 516 g/mol. The maximum absolute atomic E-state index is 9.46. The van der Waals surface area contributed by atoms with Crippen LogP contribution < -0.4 is 10.6 Å². The molecule has 0 saturated heterocycles. The molecule has 28 heavy (non-hydrogen) atoms. The number of halogens is 2. The highest BCUT2D eigenvalue weighted by molar-refractivity contribution is 8.93. The van der Waals surface area contributed by atoms with Gasteiger partial charge in [-0.05, 0) is 75.1 Å². The standard InChI is InChI=1S/C22H32N2O2.2BrH/c25-21-11-10-20(18-22(21)26)13-17-24-15-7-2-1-6-14-23-16-12-19-8-4-3-5-9-19;;/h3-5,8-11,18,23-26H,1-2,6-7,12-17H2;2*1H. The van der Waals surface area contributed by atoms with Crippen LogP contribution in [-0.2, 0) is 12.8 Å². The predicted octanol–water partition coefficient (Wildman–Crippen LogP) is 4.78. The van der Waals surface area contributed by atoms with Crippen molar-refractivity contribution in [3.63, 3.8) is 0 Å². The van der Waals surface area contributed by atoms with Gasteiger partial charge in [0.2, 0.25) is 0 Å². The van der Waals surface area contributed by atoms with Gasteiger partial charge in [-0.3, -0.25) is 0 Å². The Hall–Kier alpha value is -1.08. The summed E-state index contributed by atoms with van der Waals surface area (Å²) in [6.45, 7) is 4.08. The molecule has 4 N–H and O–H groups in total. The summed E-state index contributed by atoms with van der Waals surface area (Å²) in [5, 5.41) is 25.7. The van der Waals surface area contributed by atoms with Gasteiger partial charge in [-0.15, -0.1) is 34.0 Å². The van der Waals surface area contributed by atoms with Crippen LogP contribution in [0.4, 0.5) is 0 Å². The number of benzene rings is 2. The first-order valence-corrected chi connectivity index (χ1v) is 9.72. The average Bonchev–Trinajstić information content (AvgIpc) is 2.66. The maximum atomic E-state index is 9.46. The highest BCUT2D eigenvalue weighted by atomic mass is 79.9. The Kier molecular flexibility index (Phi) is 16.2. The molecule has 4 nitrogen and oxygen atoms in total. The van der Waals surface area contributed by atoms with Crippen molar-refractivity contribution in [1.29, 1.82) is 0 Å². The molecule has 0 spiro atoms. The van der Waals surface area contributed by atoms with Gasteiger partial charge in [0, 0.05) is 0 Å². The molecule has 158 valence electrons. The number of nitrogens with one attached hydrogen (secondary N) is 2. The van der Waals surface area contributed by atoms with Gasteiger partial charge in [0.05, 0.1) is 0 Å². The van der Waals surface area contributed by atoms with Crippen LogP contribution in [0.25, 0.3) is 0 Å². The third-order valence-electron chi connectivity index (χ3n) is 4.52. The summed E-state index contributed by atoms with van der Waals surface area (Å²) < 4.78 is 0. The number of unbranched alkanes of at least 4 members (excludes halogenated alkanes) is 3. The van der Waals surface area contributed by atoms with E-state index in [9.17, 15) is 10.2 Å². The molecule has 0 saturated carbocycles. The van der Waals surface area contributed by atoms with Gasteiger partial charge in [-0.2, -0.15) is 0 Å². The molecule has 2 rings (SSSR count). The highest BCUT2D eigenvalue weighted by Gasteiger charge is 2.00. The van der Waals surface area contributed by atoms with Gasteiger partial charge in [0.25, 0.3) is 0 Å². The van der Waals surface area contributed by atoms with E-state index < -0.39 is 0 Å². The van der Waals surface area contributed by atoms with Crippen molar-refractivity contribution in [2.75, 3.05) is 26.2 Å². The van der Waals surface area contributed by atoms with Gasteiger partial charge < -0.3 is 20.8 Å². The topological polar surface area (TPSA) is 64.5 Å². The van der Waals surface area contributed by atoms with Gasteiger partial charge in [0.1, 0.15) is 0 Å². The zero-order valence-electron chi connectivity index (χ0n) is 16.4. The predicted molar refractivity (Wildman–Crippen MR) is 128 cm³/mol. The Morgan fingerprint density at radius 3 is 1.71 bits per heavy atom. The summed E-state index contributed by atoms with van der Waals surface area (Å²) in [6.07, 6.45) is 6.92. The van der Waals surface area contributed by atoms with Crippen molar-refractivity contribution in [3.05, 3.63) is 59.7 Å². The van der Waals surface area contributed by atoms with E-state index in [2.05, 4.69) is 41.0 Å². The van der Waals surface area contributed by atoms with Crippen LogP contribution in [0.2, 0.25) is 0 Å². The molecule has 0 aliphatic carbocycles. The van der Waals surface area contributed by atoms with E-state index in [4.69, 9.17) is 0 Å². The van der Waals surface area contributed by atoms with Gasteiger partial charge in [0.15, 0.2) is 11.5 Å². The van der Waals surface area contributed by atoms with E-state index in [-0.39, 0.29) is 45.5 Å². The second-order valence-electron chi connectivity index (χ2n) is 6.72. The molecule has 0 aliphatic heterocycles. The van der Waals surface area contributed by atoms with Crippen LogP contribution in [0.5, 0.6) is 11.5 Å². The van der Waals surface area contributed by atoms with Crippen LogP contribution in [0.15, 0.2) is 48.5 Å². The molecule has 0 heterocycles. The first-order valence-electron chi connectivity index (χ1n) is 9.72. The molecular formula is C22H34Br2N2O2. The third-order valence-corrected chi connectivity index (χ3v) is 4.52. The van der Waals surface area contributed by atoms with E-state index in [1.54, 1.807) is 12.1 Å². The smallest absolute Gasteiger partial charge is 0.157 e. The lowest BCUT2D eigenvalue weighted by molar-refractivity contribution is 0.403. The molecule has 0 aliphatic rings. The van der Waals surface area contributed by atoms with E-state index >= 15 is 0 Å². The van der Waals surface area contributed by atoms with Crippen LogP contribution in [0, 0.1) is 0 Å². The Bertz CT molecular complexity index is 627. The van der Waals surface area contributed by atoms with Crippen LogP contribution in [-0.4, -0.2) is 36.4 Å². The van der Waals surface area contributed by atoms with Crippen LogP contribution in [0.3, 0.4) is 0 Å². The summed E-state index contributed by atoms with van der Waals surface area (Å²) >= 11 is 0. The summed E-state index contributed by atoms with van der Waals surface area (Å²) in [5.41, 5.74) is 2.43. The normalized spacial score (nSPS) is 10.1. The minimum absolute atomic E-state index is 0. The first kappa shape index (κ1) is 26.9. The number of aromatic hydroxyl groups is 2. The van der Waals surface area contributed by atoms with Crippen molar-refractivity contribution < 1.29 is 10.2 Å². The molecule has 2 aromatic carbocycles. The van der Waals surface area contributed by atoms with E-state index in [0.29, 0.717) is 0 Å². The fourth-order valence-electron chi connectivity index (χ4n) is 2.94. The fraction of sp³-hybridized carbons (Fsp3) is 0.455. The van der Waals surface area contributed by atoms with Crippen LogP contribution in [0.1, 0.15) is 36.8 Å². The van der Waals surface area contributed by atoms with Gasteiger partial charge in [-0.1, -0.05) is 49.2 Å². The number of phenols is 2. The van der Waals surface area contributed by atoms with Crippen molar-refractivity contribution in [1.82, 2.24) is 10.6 Å². The molecule has 0 bridgehead atoms. The number of hydrogen-bond donors (Lipinski definition) is 4. The minimum atomic E-state index is -0.0590. The molecule has 6 heteroatoms. The molecule has 0 aromatic heterocycles. The van der Waals surface area contributed by atoms with E-state index in [0.717, 1.165) is 44.6 Å². The van der Waals surface area contributed by atoms with Gasteiger partial charge in [-0.25, -0.2) is 0 Å². The molecular weight excluding hydrogens is 484 g/mol. The Morgan fingerprint density at radius 2 is 1.14 bits per heavy atom. The van der Waals surface area contributed by atoms with Crippen molar-refractivity contribution >= 4 is 34.0 Å². The Labute approximate surface area is 190 Å². The number of hydrogen-bond acceptors (Lipinski definition) is 4. The Morgan fingerprint density at radius 1 is 0.571 bits per heavy atom. The zero-order valence-corrected chi connectivity index (χ0v) is 19.8. The minimum Gasteiger partial charge on any atom is -0.504 e. The lowest BCUT2D eigenvalue weighted by Gasteiger charge is -2.07. The third kappa shape index (κ3) is 11.7. The fourth-order valence-corrected chi connectivity index (χ4v) is 2.94. The largest absolute Gasteiger partial charge is 0.504 e. The van der Waals surface area contributed by atoms with Crippen molar-refractivity contribution in [2.45, 2.75) is 38.5 Å². The zero-order chi connectivity index (χ0) is 18.5. The van der Waals surface area contributed by atoms with E-state index in [1.165, 1.54) is 31.2 Å². The molecule has 0 fully saturated rings. The Balaban J connectivity index is 0.00000364. The molecule has 0 unspecified atom stereocenters. The maximum Gasteiger partial charge on any atom is 0.157 e. The second-order valence-corrected chi connectivity index (χ2v) is 6.72. The summed E-state index contributed by atoms with van der Waals surface area (Å²) in [4.78, 5) is 0. The van der Waals surface area contributed by atoms with Crippen molar-refractivity contribution in [2.24, 2.45) is 0 Å². The average molecular weight is 518 g/mol. The number of rotatable bonds is 13. The highest BCUT2D eigenvalue weighted by Crippen LogP contribution is 2.24. The van der Waals surface area contributed by atoms with E-state index in [1.807, 2.05) is 6.07 Å². The molecule has 0 radical (unpaired) electrons. The number of phenolic OH excluding ortho intramolecular Hbond substituents is 2. The summed E-state index contributed by atoms with van der Waals surface area (Å²) in [6, 6.07) is 15.6. The molecule has 0 atom stereocenters. The second kappa shape index (κ2) is 16.8.